The molecule has 0 radical (unpaired) electrons. The number of hydrazone groups is 1. The summed E-state index contributed by atoms with van der Waals surface area (Å²) in [6, 6.07) is 8.89. The third kappa shape index (κ3) is 4.07. The molecule has 2 aliphatic rings. The van der Waals surface area contributed by atoms with E-state index in [9.17, 15) is 4.79 Å². The Balaban J connectivity index is 1.46. The van der Waals surface area contributed by atoms with Crippen LogP contribution in [0.4, 0.5) is 0 Å². The van der Waals surface area contributed by atoms with Crippen molar-refractivity contribution in [2.75, 3.05) is 33.1 Å². The molecule has 8 heteroatoms. The van der Waals surface area contributed by atoms with Crippen LogP contribution in [0.15, 0.2) is 47.8 Å². The minimum atomic E-state index is -0.356. The number of ether oxygens (including phenoxy) is 3. The Morgan fingerprint density at radius 1 is 1.15 bits per heavy atom. The second-order valence-corrected chi connectivity index (χ2v) is 6.33. The summed E-state index contributed by atoms with van der Waals surface area (Å²) in [6.45, 7) is 3.05. The summed E-state index contributed by atoms with van der Waals surface area (Å²) in [7, 11) is 0. The molecule has 1 aromatic carbocycles. The van der Waals surface area contributed by atoms with E-state index in [1.165, 1.54) is 0 Å². The fourth-order valence-corrected chi connectivity index (χ4v) is 3.28. The van der Waals surface area contributed by atoms with Gasteiger partial charge in [0.15, 0.2) is 17.5 Å². The molecular formula is C19H21N4O4+. The zero-order valence-electron chi connectivity index (χ0n) is 14.8. The number of carbonyl (C=O) groups is 1. The van der Waals surface area contributed by atoms with Crippen LogP contribution in [0.1, 0.15) is 17.2 Å². The van der Waals surface area contributed by atoms with Crippen molar-refractivity contribution in [3.05, 3.63) is 53.9 Å². The van der Waals surface area contributed by atoms with Gasteiger partial charge in [-0.3, -0.25) is 9.78 Å². The van der Waals surface area contributed by atoms with Gasteiger partial charge in [0.05, 0.1) is 19.4 Å². The van der Waals surface area contributed by atoms with Gasteiger partial charge in [0.25, 0.3) is 0 Å². The number of nitrogens with one attached hydrogen (secondary N) is 2. The van der Waals surface area contributed by atoms with Crippen molar-refractivity contribution in [2.24, 2.45) is 5.10 Å². The summed E-state index contributed by atoms with van der Waals surface area (Å²) in [6.07, 6.45) is 4.99. The summed E-state index contributed by atoms with van der Waals surface area (Å²) in [5.41, 5.74) is 4.40. The molecule has 27 heavy (non-hydrogen) atoms. The second kappa shape index (κ2) is 8.15. The lowest BCUT2D eigenvalue weighted by Crippen LogP contribution is -3.15. The maximum atomic E-state index is 12.9. The predicted molar refractivity (Wildman–Crippen MR) is 96.8 cm³/mol. The minimum Gasteiger partial charge on any atom is -0.454 e. The maximum Gasteiger partial charge on any atom is 0.303 e. The lowest BCUT2D eigenvalue weighted by Gasteiger charge is -2.30. The smallest absolute Gasteiger partial charge is 0.303 e. The van der Waals surface area contributed by atoms with Crippen LogP contribution < -0.4 is 19.8 Å². The highest BCUT2D eigenvalue weighted by atomic mass is 16.7. The number of fused-ring (bicyclic) bond motifs is 1. The Morgan fingerprint density at radius 2 is 1.93 bits per heavy atom. The third-order valence-electron chi connectivity index (χ3n) is 4.63. The lowest BCUT2D eigenvalue weighted by molar-refractivity contribution is -0.929. The van der Waals surface area contributed by atoms with E-state index in [1.807, 2.05) is 30.3 Å². The number of rotatable bonds is 5. The first-order valence-corrected chi connectivity index (χ1v) is 8.86. The van der Waals surface area contributed by atoms with Crippen LogP contribution in [-0.2, 0) is 9.53 Å². The van der Waals surface area contributed by atoms with Crippen LogP contribution in [0.2, 0.25) is 0 Å². The topological polar surface area (TPSA) is 86.5 Å². The molecule has 2 N–H and O–H groups in total. The highest BCUT2D eigenvalue weighted by Gasteiger charge is 2.32. The highest BCUT2D eigenvalue weighted by Crippen LogP contribution is 2.31. The average molecular weight is 369 g/mol. The zero-order valence-corrected chi connectivity index (χ0v) is 14.8. The Hall–Kier alpha value is -2.97. The molecule has 2 aromatic rings. The molecule has 0 spiro atoms. The first kappa shape index (κ1) is 17.4. The second-order valence-electron chi connectivity index (χ2n) is 6.33. The SMILES string of the molecule is O=C(N/N=C\c1ccc2c(c1)OCO2)[C@@H](c1ccncc1)[NH+]1CCOCC1. The van der Waals surface area contributed by atoms with E-state index in [0.717, 1.165) is 29.1 Å². The van der Waals surface area contributed by atoms with E-state index < -0.39 is 0 Å². The van der Waals surface area contributed by atoms with Gasteiger partial charge in [0.2, 0.25) is 6.79 Å². The Kier molecular flexibility index (Phi) is 5.27. The molecule has 8 nitrogen and oxygen atoms in total. The molecule has 1 fully saturated rings. The molecule has 1 saturated heterocycles. The standard InChI is InChI=1S/C19H20N4O4/c24-19(22-21-12-14-1-2-16-17(11-14)27-13-26-16)18(15-3-5-20-6-4-15)23-7-9-25-10-8-23/h1-6,11-12,18H,7-10,13H2,(H,22,24)/p+1/b21-12-/t18-/m1/s1. The molecule has 0 aliphatic carbocycles. The van der Waals surface area contributed by atoms with Crippen molar-refractivity contribution in [2.45, 2.75) is 6.04 Å². The number of pyridine rings is 1. The molecule has 0 unspecified atom stereocenters. The van der Waals surface area contributed by atoms with Crippen LogP contribution in [-0.4, -0.2) is 50.2 Å². The van der Waals surface area contributed by atoms with Crippen LogP contribution in [0.5, 0.6) is 11.5 Å². The first-order valence-electron chi connectivity index (χ1n) is 8.86. The summed E-state index contributed by atoms with van der Waals surface area (Å²) < 4.78 is 16.1. The van der Waals surface area contributed by atoms with Crippen LogP contribution in [0.25, 0.3) is 0 Å². The minimum absolute atomic E-state index is 0.157. The van der Waals surface area contributed by atoms with Gasteiger partial charge in [0.1, 0.15) is 13.1 Å². The van der Waals surface area contributed by atoms with Gasteiger partial charge in [-0.2, -0.15) is 5.10 Å². The van der Waals surface area contributed by atoms with Crippen molar-refractivity contribution in [1.29, 1.82) is 0 Å². The molecule has 2 aliphatic heterocycles. The van der Waals surface area contributed by atoms with Crippen molar-refractivity contribution in [1.82, 2.24) is 10.4 Å². The van der Waals surface area contributed by atoms with E-state index >= 15 is 0 Å². The molecule has 1 aromatic heterocycles. The number of benzene rings is 1. The van der Waals surface area contributed by atoms with Gasteiger partial charge in [-0.1, -0.05) is 0 Å². The number of carbonyl (C=O) groups excluding carboxylic acids is 1. The van der Waals surface area contributed by atoms with Gasteiger partial charge >= 0.3 is 5.91 Å². The molecular weight excluding hydrogens is 348 g/mol. The molecule has 140 valence electrons. The van der Waals surface area contributed by atoms with Crippen LogP contribution in [0.3, 0.4) is 0 Å². The number of amides is 1. The number of quaternary nitrogens is 1. The number of hydrogen-bond donors (Lipinski definition) is 2. The van der Waals surface area contributed by atoms with Gasteiger partial charge in [-0.05, 0) is 35.9 Å². The monoisotopic (exact) mass is 369 g/mol. The molecule has 0 bridgehead atoms. The van der Waals surface area contributed by atoms with Crippen LogP contribution in [0, 0.1) is 0 Å². The van der Waals surface area contributed by atoms with Gasteiger partial charge < -0.3 is 19.1 Å². The van der Waals surface area contributed by atoms with E-state index in [1.54, 1.807) is 18.6 Å². The van der Waals surface area contributed by atoms with E-state index in [2.05, 4.69) is 15.5 Å². The van der Waals surface area contributed by atoms with Crippen molar-refractivity contribution in [3.8, 4) is 11.5 Å². The summed E-state index contributed by atoms with van der Waals surface area (Å²) in [5.74, 6) is 1.23. The van der Waals surface area contributed by atoms with E-state index in [-0.39, 0.29) is 18.7 Å². The summed E-state index contributed by atoms with van der Waals surface area (Å²) >= 11 is 0. The number of hydrogen-bond acceptors (Lipinski definition) is 6. The highest BCUT2D eigenvalue weighted by molar-refractivity contribution is 5.85. The third-order valence-corrected chi connectivity index (χ3v) is 4.63. The average Bonchev–Trinajstić information content (AvgIpc) is 3.18. The normalized spacial score (nSPS) is 17.8. The fourth-order valence-electron chi connectivity index (χ4n) is 3.28. The van der Waals surface area contributed by atoms with E-state index in [0.29, 0.717) is 24.7 Å². The summed E-state index contributed by atoms with van der Waals surface area (Å²) in [5, 5.41) is 4.13. The fraction of sp³-hybridized carbons (Fsp3) is 0.316. The Morgan fingerprint density at radius 3 is 2.74 bits per heavy atom. The molecule has 4 rings (SSSR count). The van der Waals surface area contributed by atoms with Crippen molar-refractivity contribution >= 4 is 12.1 Å². The van der Waals surface area contributed by atoms with Crippen LogP contribution >= 0.6 is 0 Å². The predicted octanol–water partition coefficient (Wildman–Crippen LogP) is -0.0832. The van der Waals surface area contributed by atoms with Gasteiger partial charge in [0, 0.05) is 18.0 Å². The number of morpholine rings is 1. The lowest BCUT2D eigenvalue weighted by atomic mass is 10.1. The zero-order chi connectivity index (χ0) is 18.5. The van der Waals surface area contributed by atoms with Crippen molar-refractivity contribution in [3.63, 3.8) is 0 Å². The summed E-state index contributed by atoms with van der Waals surface area (Å²) in [4.78, 5) is 18.1. The van der Waals surface area contributed by atoms with E-state index in [4.69, 9.17) is 14.2 Å². The Labute approximate surface area is 156 Å². The maximum absolute atomic E-state index is 12.9. The largest absolute Gasteiger partial charge is 0.454 e. The molecule has 1 atom stereocenters. The Bertz CT molecular complexity index is 822. The number of aromatic nitrogens is 1. The van der Waals surface area contributed by atoms with Gasteiger partial charge in [-0.25, -0.2) is 5.43 Å². The quantitative estimate of drug-likeness (QED) is 0.569. The number of nitrogens with zero attached hydrogens (tertiary/aromatic N) is 2. The first-order chi connectivity index (χ1) is 13.3. The molecule has 0 saturated carbocycles. The van der Waals surface area contributed by atoms with Gasteiger partial charge in [-0.15, -0.1) is 0 Å². The van der Waals surface area contributed by atoms with Crippen molar-refractivity contribution < 1.29 is 23.9 Å². The molecule has 3 heterocycles. The molecule has 1 amide bonds.